The Balaban J connectivity index is 4.11. The maximum Gasteiger partial charge on any atom is 0.475 e. The Morgan fingerprint density at radius 1 is 0.200 bits per heavy atom. The maximum atomic E-state index is 4.49. The van der Waals surface area contributed by atoms with Crippen LogP contribution in [0.1, 0.15) is 0 Å². The van der Waals surface area contributed by atoms with E-state index in [1.807, 2.05) is 0 Å². The predicted octanol–water partition coefficient (Wildman–Crippen LogP) is -4.11. The average Bonchev–Trinajstić information content (AvgIpc) is 3.03. The molecule has 0 unspecified atom stereocenters. The Labute approximate surface area is 332 Å². The van der Waals surface area contributed by atoms with Crippen LogP contribution in [-0.4, -0.2) is 207 Å². The van der Waals surface area contributed by atoms with Crippen molar-refractivity contribution in [1.29, 1.82) is 0 Å². The van der Waals surface area contributed by atoms with Crippen LogP contribution >= 0.6 is 0 Å². The van der Waals surface area contributed by atoms with E-state index >= 15 is 0 Å². The van der Waals surface area contributed by atoms with Crippen LogP contribution in [0.4, 0.5) is 0 Å². The minimum absolute atomic E-state index is 0.778. The van der Waals surface area contributed by atoms with Crippen LogP contribution in [0.25, 0.3) is 0 Å². The van der Waals surface area contributed by atoms with Crippen LogP contribution in [0.2, 0.25) is 0 Å². The van der Waals surface area contributed by atoms with Crippen LogP contribution < -0.4 is 0 Å². The maximum absolute atomic E-state index is 4.49. The number of hydrogen-bond donors (Lipinski definition) is 0. The summed E-state index contributed by atoms with van der Waals surface area (Å²) in [6.45, 7) is 44.9. The second-order valence-electron chi connectivity index (χ2n) is 18.0. The van der Waals surface area contributed by atoms with Crippen molar-refractivity contribution in [2.24, 2.45) is 0 Å². The Kier molecular flexibility index (Phi) is 16.1. The van der Waals surface area contributed by atoms with E-state index in [9.17, 15) is 0 Å². The summed E-state index contributed by atoms with van der Waals surface area (Å²) in [5.41, 5.74) is 0. The van der Waals surface area contributed by atoms with Gasteiger partial charge in [-0.3, -0.25) is 0 Å². The van der Waals surface area contributed by atoms with Gasteiger partial charge < -0.3 is 38.1 Å². The molecule has 0 saturated carbocycles. The van der Waals surface area contributed by atoms with Crippen molar-refractivity contribution < 1.29 is 38.1 Å². The molecule has 1 aliphatic heterocycles. The molecule has 1 rings (SSSR count). The van der Waals surface area contributed by atoms with Crippen molar-refractivity contribution in [2.75, 3.05) is 70.5 Å². The molecule has 1 heterocycles. The summed E-state index contributed by atoms with van der Waals surface area (Å²) >= 11 is 0. The van der Waals surface area contributed by atoms with E-state index in [2.05, 4.69) is 198 Å². The third-order valence-electron chi connectivity index (χ3n) is 10.9. The molecule has 20 heteroatoms. The van der Waals surface area contributed by atoms with Crippen molar-refractivity contribution >= 4 is 98.4 Å². The van der Waals surface area contributed by atoms with Gasteiger partial charge in [0, 0.05) is 70.5 Å². The van der Waals surface area contributed by atoms with Crippen LogP contribution in [-0.2, 0) is 0 Å². The van der Waals surface area contributed by atoms with Crippen molar-refractivity contribution in [2.45, 2.75) is 0 Å². The van der Waals surface area contributed by atoms with Crippen LogP contribution in [0.5, 0.6) is 0 Å². The molecule has 0 aromatic carbocycles. The first-order chi connectivity index (χ1) is 22.7. The van der Waals surface area contributed by atoms with Gasteiger partial charge in [-0.15, -0.1) is 0 Å². The SMILES string of the molecule is C=C[N+]1(C)[SiH2][N+](C)(C=C)[SiH2][N+](C)(C=C)[SiH2][N+](C)(C=C)[SiH2][N+](C)(C=C)[SiH2][N+](C)(C=C)[SiH2][N+](C)(C=C)[SiH2][N+](C)(C=C)[SiH2][N+](C)(C=C)[SiH2][N+](C)(C=C)[SiH2]1. The first-order valence-electron chi connectivity index (χ1n) is 17.5. The van der Waals surface area contributed by atoms with Crippen molar-refractivity contribution in [1.82, 2.24) is 0 Å². The second kappa shape index (κ2) is 17.1. The lowest BCUT2D eigenvalue weighted by atomic mass is 11.0. The van der Waals surface area contributed by atoms with Gasteiger partial charge in [-0.25, -0.2) is 0 Å². The molecule has 0 amide bonds. The zero-order valence-corrected chi connectivity index (χ0v) is 48.5. The van der Waals surface area contributed by atoms with Gasteiger partial charge in [0.25, 0.3) is 0 Å². The average molecular weight is 862 g/mol. The lowest BCUT2D eigenvalue weighted by molar-refractivity contribution is -0.855. The van der Waals surface area contributed by atoms with E-state index in [0.29, 0.717) is 0 Å². The quantitative estimate of drug-likeness (QED) is 0.197. The van der Waals surface area contributed by atoms with E-state index in [4.69, 9.17) is 0 Å². The normalized spacial score (nSPS) is 50.6. The first-order valence-corrected chi connectivity index (χ1v) is 30.1. The predicted molar refractivity (Wildman–Crippen MR) is 249 cm³/mol. The molecule has 0 aromatic rings. The van der Waals surface area contributed by atoms with Crippen LogP contribution in [0, 0.1) is 0 Å². The fourth-order valence-corrected chi connectivity index (χ4v) is 65.5. The second-order valence-corrected chi connectivity index (χ2v) is 58.7. The first kappa shape index (κ1) is 47.2. The lowest BCUT2D eigenvalue weighted by Crippen LogP contribution is -2.77. The van der Waals surface area contributed by atoms with Crippen molar-refractivity contribution in [3.8, 4) is 0 Å². The summed E-state index contributed by atoms with van der Waals surface area (Å²) in [6, 6.07) is 0. The monoisotopic (exact) mass is 860 g/mol. The molecule has 0 aliphatic carbocycles. The Bertz CT molecular complexity index is 1010. The molecule has 50 heavy (non-hydrogen) atoms. The number of quaternary nitrogens is 10. The van der Waals surface area contributed by atoms with Gasteiger partial charge in [-0.2, -0.15) is 0 Å². The van der Waals surface area contributed by atoms with Crippen molar-refractivity contribution in [3.05, 3.63) is 128 Å². The molecule has 10 nitrogen and oxygen atoms in total. The highest BCUT2D eigenvalue weighted by atomic mass is 28.4. The zero-order chi connectivity index (χ0) is 39.1. The third kappa shape index (κ3) is 12.6. The summed E-state index contributed by atoms with van der Waals surface area (Å²) in [5, 5.41) is 0. The van der Waals surface area contributed by atoms with Gasteiger partial charge in [0.05, 0.1) is 62.0 Å². The molecule has 1 saturated heterocycles. The molecule has 280 valence electrons. The Morgan fingerprint density at radius 3 is 0.300 bits per heavy atom. The van der Waals surface area contributed by atoms with Crippen molar-refractivity contribution in [3.63, 3.8) is 0 Å². The molecule has 0 radical (unpaired) electrons. The summed E-state index contributed by atoms with van der Waals surface area (Å²) in [5.74, 6) is 0. The zero-order valence-electron chi connectivity index (χ0n) is 34.4. The largest absolute Gasteiger partial charge is 0.475 e. The van der Waals surface area contributed by atoms with Crippen LogP contribution in [0.3, 0.4) is 0 Å². The van der Waals surface area contributed by atoms with E-state index in [1.165, 1.54) is 0 Å². The molecule has 0 N–H and O–H groups in total. The molecular formula is C30H80N10Si10+10. The van der Waals surface area contributed by atoms with Crippen LogP contribution in [0.15, 0.2) is 128 Å². The van der Waals surface area contributed by atoms with Gasteiger partial charge in [0.15, 0.2) is 0 Å². The highest BCUT2D eigenvalue weighted by Crippen LogP contribution is 2.23. The molecule has 0 bridgehead atoms. The number of nitrogens with zero attached hydrogens (tertiary/aromatic N) is 10. The standard InChI is InChI=1S/C30H80N10Si10/c1-21-31(11)41-32(12,22-2)43-34(14,24-4)45-36(16,26-6)47-38(18,28-8)49-40(20,30-10)50-39(19,29-9)48-37(17,27-7)46-35(15,25-5)44-33(13,23-3)42-31/h21-30H,1-10,41-50H2,11-20H3/q+10. The number of hydrogen-bond acceptors (Lipinski definition) is 0. The highest BCUT2D eigenvalue weighted by Gasteiger charge is 2.53. The lowest BCUT2D eigenvalue weighted by Gasteiger charge is -2.50. The molecular weight excluding hydrogens is 781 g/mol. The summed E-state index contributed by atoms with van der Waals surface area (Å²) < 4.78 is 9.99. The van der Waals surface area contributed by atoms with Gasteiger partial charge in [-0.1, -0.05) is 0 Å². The minimum atomic E-state index is -0.778. The summed E-state index contributed by atoms with van der Waals surface area (Å²) in [7, 11) is 16.8. The molecule has 0 aromatic heterocycles. The molecule has 0 spiro atoms. The van der Waals surface area contributed by atoms with E-state index in [1.54, 1.807) is 0 Å². The van der Waals surface area contributed by atoms with E-state index < -0.39 is 98.4 Å². The third-order valence-corrected chi connectivity index (χ3v) is 41.0. The smallest absolute Gasteiger partial charge is 0.336 e. The fourth-order valence-electron chi connectivity index (χ4n) is 8.98. The topological polar surface area (TPSA) is 0 Å². The van der Waals surface area contributed by atoms with Gasteiger partial charge in [0.2, 0.25) is 0 Å². The van der Waals surface area contributed by atoms with Gasteiger partial charge >= 0.3 is 98.4 Å². The minimum Gasteiger partial charge on any atom is -0.336 e. The Hall–Kier alpha value is -0.831. The summed E-state index contributed by atoms with van der Waals surface area (Å²) in [4.78, 5) is 0. The molecule has 1 fully saturated rings. The molecule has 1 aliphatic rings. The van der Waals surface area contributed by atoms with Gasteiger partial charge in [-0.05, 0) is 65.8 Å². The van der Waals surface area contributed by atoms with E-state index in [-0.39, 0.29) is 0 Å². The highest BCUT2D eigenvalue weighted by molar-refractivity contribution is 6.49. The Morgan fingerprint density at radius 2 is 0.260 bits per heavy atom. The van der Waals surface area contributed by atoms with Gasteiger partial charge in [0.1, 0.15) is 0 Å². The van der Waals surface area contributed by atoms with E-state index in [0.717, 1.165) is 38.1 Å². The molecule has 0 atom stereocenters. The fraction of sp³-hybridized carbons (Fsp3) is 0.333. The summed E-state index contributed by atoms with van der Waals surface area (Å²) in [6.07, 6.45) is 22.7. The number of rotatable bonds is 10.